The van der Waals surface area contributed by atoms with Gasteiger partial charge in [0, 0.05) is 12.0 Å². The molecule has 0 bridgehead atoms. The fraction of sp³-hybridized carbons (Fsp3) is 0.500. The smallest absolute Gasteiger partial charge is 0.166 e. The molecule has 15 heavy (non-hydrogen) atoms. The number of rotatable bonds is 2. The number of aryl methyl sites for hydroxylation is 1. The van der Waals surface area contributed by atoms with Crippen LogP contribution in [0, 0.1) is 0 Å². The summed E-state index contributed by atoms with van der Waals surface area (Å²) in [6.45, 7) is 2.63. The van der Waals surface area contributed by atoms with Gasteiger partial charge in [-0.15, -0.1) is 0 Å². The fourth-order valence-corrected chi connectivity index (χ4v) is 1.87. The number of aliphatic hydroxyl groups excluding tert-OH is 1. The summed E-state index contributed by atoms with van der Waals surface area (Å²) < 4.78 is 10.8. The van der Waals surface area contributed by atoms with Crippen LogP contribution in [-0.2, 0) is 6.42 Å². The van der Waals surface area contributed by atoms with E-state index in [2.05, 4.69) is 6.92 Å². The molecule has 0 saturated carbocycles. The van der Waals surface area contributed by atoms with Gasteiger partial charge in [-0.1, -0.05) is 6.92 Å². The molecule has 0 amide bonds. The molecule has 0 saturated heterocycles. The van der Waals surface area contributed by atoms with Crippen molar-refractivity contribution in [3.63, 3.8) is 0 Å². The van der Waals surface area contributed by atoms with Crippen molar-refractivity contribution in [2.45, 2.75) is 25.9 Å². The minimum atomic E-state index is -0.422. The van der Waals surface area contributed by atoms with E-state index < -0.39 is 6.10 Å². The van der Waals surface area contributed by atoms with Crippen LogP contribution >= 0.6 is 0 Å². The zero-order valence-electron chi connectivity index (χ0n) is 9.12. The number of fused-ring (bicyclic) bond motifs is 1. The van der Waals surface area contributed by atoms with Gasteiger partial charge in [0.1, 0.15) is 0 Å². The predicted octanol–water partition coefficient (Wildman–Crippen LogP) is 2.07. The molecule has 0 spiro atoms. The van der Waals surface area contributed by atoms with E-state index in [4.69, 9.17) is 9.47 Å². The maximum Gasteiger partial charge on any atom is 0.166 e. The van der Waals surface area contributed by atoms with Gasteiger partial charge in [0.25, 0.3) is 0 Å². The monoisotopic (exact) mass is 208 g/mol. The number of hydrogen-bond acceptors (Lipinski definition) is 3. The molecular weight excluding hydrogens is 192 g/mol. The van der Waals surface area contributed by atoms with Gasteiger partial charge in [-0.3, -0.25) is 0 Å². The van der Waals surface area contributed by atoms with Crippen molar-refractivity contribution >= 4 is 0 Å². The van der Waals surface area contributed by atoms with Gasteiger partial charge in [0.05, 0.1) is 19.8 Å². The van der Waals surface area contributed by atoms with E-state index in [-0.39, 0.29) is 0 Å². The number of ether oxygens (including phenoxy) is 2. The quantitative estimate of drug-likeness (QED) is 0.808. The van der Waals surface area contributed by atoms with E-state index in [0.717, 1.165) is 23.3 Å². The molecule has 1 heterocycles. The van der Waals surface area contributed by atoms with Crippen LogP contribution in [0.2, 0.25) is 0 Å². The van der Waals surface area contributed by atoms with E-state index in [1.165, 1.54) is 0 Å². The first-order valence-corrected chi connectivity index (χ1v) is 5.28. The lowest BCUT2D eigenvalue weighted by Crippen LogP contribution is -2.15. The normalized spacial score (nSPS) is 19.3. The lowest BCUT2D eigenvalue weighted by molar-refractivity contribution is 0.112. The summed E-state index contributed by atoms with van der Waals surface area (Å²) >= 11 is 0. The van der Waals surface area contributed by atoms with Crippen molar-refractivity contribution < 1.29 is 14.6 Å². The largest absolute Gasteiger partial charge is 0.493 e. The Morgan fingerprint density at radius 2 is 2.33 bits per heavy atom. The molecule has 0 fully saturated rings. The molecule has 1 aromatic carbocycles. The second-order valence-corrected chi connectivity index (χ2v) is 3.72. The summed E-state index contributed by atoms with van der Waals surface area (Å²) in [5.41, 5.74) is 2.02. The molecule has 1 aliphatic rings. The topological polar surface area (TPSA) is 38.7 Å². The third-order valence-electron chi connectivity index (χ3n) is 2.77. The summed E-state index contributed by atoms with van der Waals surface area (Å²) in [5.74, 6) is 1.43. The highest BCUT2D eigenvalue weighted by molar-refractivity contribution is 5.51. The third-order valence-corrected chi connectivity index (χ3v) is 2.77. The van der Waals surface area contributed by atoms with Crippen LogP contribution in [0.1, 0.15) is 30.6 Å². The Morgan fingerprint density at radius 1 is 1.53 bits per heavy atom. The lowest BCUT2D eigenvalue weighted by Gasteiger charge is -2.24. The highest BCUT2D eigenvalue weighted by atomic mass is 16.5. The van der Waals surface area contributed by atoms with Crippen LogP contribution < -0.4 is 9.47 Å². The minimum Gasteiger partial charge on any atom is -0.493 e. The zero-order valence-corrected chi connectivity index (χ0v) is 9.12. The average molecular weight is 208 g/mol. The predicted molar refractivity (Wildman–Crippen MR) is 57.4 cm³/mol. The van der Waals surface area contributed by atoms with Crippen molar-refractivity contribution in [3.8, 4) is 11.5 Å². The Morgan fingerprint density at radius 3 is 3.00 bits per heavy atom. The number of methoxy groups -OCH3 is 1. The van der Waals surface area contributed by atoms with Crippen molar-refractivity contribution in [2.24, 2.45) is 0 Å². The molecule has 0 aliphatic carbocycles. The van der Waals surface area contributed by atoms with E-state index in [0.29, 0.717) is 18.8 Å². The van der Waals surface area contributed by atoms with Gasteiger partial charge >= 0.3 is 0 Å². The van der Waals surface area contributed by atoms with Crippen LogP contribution in [-0.4, -0.2) is 18.8 Å². The first kappa shape index (κ1) is 10.3. The van der Waals surface area contributed by atoms with Crippen molar-refractivity contribution in [3.05, 3.63) is 23.3 Å². The second kappa shape index (κ2) is 4.11. The van der Waals surface area contributed by atoms with E-state index in [1.807, 2.05) is 12.1 Å². The molecule has 0 radical (unpaired) electrons. The molecule has 0 aromatic heterocycles. The van der Waals surface area contributed by atoms with E-state index in [1.54, 1.807) is 7.11 Å². The molecule has 3 heteroatoms. The number of hydrogen-bond donors (Lipinski definition) is 1. The maximum atomic E-state index is 9.87. The second-order valence-electron chi connectivity index (χ2n) is 3.72. The van der Waals surface area contributed by atoms with Crippen molar-refractivity contribution in [1.29, 1.82) is 0 Å². The van der Waals surface area contributed by atoms with E-state index in [9.17, 15) is 5.11 Å². The van der Waals surface area contributed by atoms with Gasteiger partial charge < -0.3 is 14.6 Å². The van der Waals surface area contributed by atoms with Gasteiger partial charge in [0.2, 0.25) is 0 Å². The highest BCUT2D eigenvalue weighted by Gasteiger charge is 2.23. The molecule has 0 unspecified atom stereocenters. The van der Waals surface area contributed by atoms with Gasteiger partial charge in [-0.2, -0.15) is 0 Å². The minimum absolute atomic E-state index is 0.422. The highest BCUT2D eigenvalue weighted by Crippen LogP contribution is 2.40. The van der Waals surface area contributed by atoms with Crippen molar-refractivity contribution in [1.82, 2.24) is 0 Å². The molecule has 3 nitrogen and oxygen atoms in total. The molecule has 2 rings (SSSR count). The maximum absolute atomic E-state index is 9.87. The Hall–Kier alpha value is -1.22. The third kappa shape index (κ3) is 1.79. The van der Waals surface area contributed by atoms with E-state index >= 15 is 0 Å². The van der Waals surface area contributed by atoms with Gasteiger partial charge in [-0.05, 0) is 24.1 Å². The molecule has 1 aromatic rings. The SMILES string of the molecule is CCc1cc(OC)c2c(c1)[C@H](O)CCO2. The van der Waals surface area contributed by atoms with Crippen molar-refractivity contribution in [2.75, 3.05) is 13.7 Å². The van der Waals surface area contributed by atoms with Crippen LogP contribution in [0.5, 0.6) is 11.5 Å². The van der Waals surface area contributed by atoms with Gasteiger partial charge in [0.15, 0.2) is 11.5 Å². The Balaban J connectivity index is 2.52. The first-order valence-electron chi connectivity index (χ1n) is 5.28. The Labute approximate surface area is 89.6 Å². The number of aliphatic hydroxyl groups is 1. The Bertz CT molecular complexity index is 360. The summed E-state index contributed by atoms with van der Waals surface area (Å²) in [4.78, 5) is 0. The molecule has 82 valence electrons. The average Bonchev–Trinajstić information content (AvgIpc) is 2.28. The molecular formula is C12H16O3. The summed E-state index contributed by atoms with van der Waals surface area (Å²) in [5, 5.41) is 9.87. The van der Waals surface area contributed by atoms with Crippen LogP contribution in [0.15, 0.2) is 12.1 Å². The van der Waals surface area contributed by atoms with Crippen LogP contribution in [0.25, 0.3) is 0 Å². The van der Waals surface area contributed by atoms with Gasteiger partial charge in [-0.25, -0.2) is 0 Å². The number of benzene rings is 1. The lowest BCUT2D eigenvalue weighted by atomic mass is 9.99. The summed E-state index contributed by atoms with van der Waals surface area (Å²) in [6, 6.07) is 3.97. The summed E-state index contributed by atoms with van der Waals surface area (Å²) in [6.07, 6.45) is 1.16. The van der Waals surface area contributed by atoms with Crippen LogP contribution in [0.4, 0.5) is 0 Å². The Kier molecular flexibility index (Phi) is 2.82. The standard InChI is InChI=1S/C12H16O3/c1-3-8-6-9-10(13)4-5-15-12(9)11(7-8)14-2/h6-7,10,13H,3-5H2,1-2H3/t10-/m1/s1. The fourth-order valence-electron chi connectivity index (χ4n) is 1.87. The molecule has 1 atom stereocenters. The molecule has 1 N–H and O–H groups in total. The summed E-state index contributed by atoms with van der Waals surface area (Å²) in [7, 11) is 1.62. The first-order chi connectivity index (χ1) is 7.26. The van der Waals surface area contributed by atoms with Crippen LogP contribution in [0.3, 0.4) is 0 Å². The molecule has 1 aliphatic heterocycles. The zero-order chi connectivity index (χ0) is 10.8.